The Balaban J connectivity index is 2.10. The fraction of sp³-hybridized carbons (Fsp3) is 1.00. The van der Waals surface area contributed by atoms with E-state index < -0.39 is 68.0 Å². The third kappa shape index (κ3) is 3.26. The lowest BCUT2D eigenvalue weighted by Gasteiger charge is -2.45. The summed E-state index contributed by atoms with van der Waals surface area (Å²) < 4.78 is 15.6. The van der Waals surface area contributed by atoms with Crippen molar-refractivity contribution >= 4 is 0 Å². The quantitative estimate of drug-likeness (QED) is 0.268. The van der Waals surface area contributed by atoms with Crippen LogP contribution in [0, 0.1) is 0 Å². The molecule has 0 bridgehead atoms. The second-order valence-corrected chi connectivity index (χ2v) is 5.60. The Bertz CT molecular complexity index is 371. The number of hydrogen-bond donors (Lipinski definition) is 7. The molecular weight excluding hydrogens is 302 g/mol. The third-order valence-corrected chi connectivity index (χ3v) is 4.04. The van der Waals surface area contributed by atoms with E-state index >= 15 is 0 Å². The van der Waals surface area contributed by atoms with Gasteiger partial charge in [0, 0.05) is 0 Å². The highest BCUT2D eigenvalue weighted by atomic mass is 16.7. The molecule has 10 nitrogen and oxygen atoms in total. The molecule has 2 fully saturated rings. The number of aliphatic hydroxyl groups is 6. The van der Waals surface area contributed by atoms with Crippen molar-refractivity contribution in [3.63, 3.8) is 0 Å². The molecule has 0 aliphatic carbocycles. The van der Waals surface area contributed by atoms with Crippen molar-refractivity contribution in [1.29, 1.82) is 0 Å². The summed E-state index contributed by atoms with van der Waals surface area (Å²) in [5.74, 6) is 0. The Hall–Kier alpha value is -0.400. The molecule has 0 spiro atoms. The van der Waals surface area contributed by atoms with Crippen molar-refractivity contribution in [3.05, 3.63) is 0 Å². The van der Waals surface area contributed by atoms with Crippen molar-refractivity contribution in [2.24, 2.45) is 5.73 Å². The van der Waals surface area contributed by atoms with Gasteiger partial charge in [-0.1, -0.05) is 0 Å². The van der Waals surface area contributed by atoms with Crippen LogP contribution in [0.15, 0.2) is 0 Å². The maximum absolute atomic E-state index is 9.96. The maximum atomic E-state index is 9.96. The van der Waals surface area contributed by atoms with Gasteiger partial charge in [0.1, 0.15) is 36.6 Å². The first-order valence-electron chi connectivity index (χ1n) is 7.01. The van der Waals surface area contributed by atoms with Crippen LogP contribution in [-0.2, 0) is 14.2 Å². The summed E-state index contributed by atoms with van der Waals surface area (Å²) >= 11 is 0. The van der Waals surface area contributed by atoms with Crippen LogP contribution in [0.2, 0.25) is 0 Å². The maximum Gasteiger partial charge on any atom is 0.187 e. The molecule has 130 valence electrons. The Labute approximate surface area is 126 Å². The van der Waals surface area contributed by atoms with E-state index in [0.717, 1.165) is 0 Å². The minimum Gasteiger partial charge on any atom is -0.394 e. The van der Waals surface area contributed by atoms with Crippen molar-refractivity contribution in [2.45, 2.75) is 68.3 Å². The molecule has 0 amide bonds. The van der Waals surface area contributed by atoms with Crippen LogP contribution < -0.4 is 5.73 Å². The van der Waals surface area contributed by atoms with Gasteiger partial charge in [-0.3, -0.25) is 0 Å². The van der Waals surface area contributed by atoms with Crippen LogP contribution in [0.25, 0.3) is 0 Å². The molecular formula is C12H23NO9. The Morgan fingerprint density at radius 1 is 0.955 bits per heavy atom. The molecule has 0 unspecified atom stereocenters. The fourth-order valence-electron chi connectivity index (χ4n) is 2.55. The predicted molar refractivity (Wildman–Crippen MR) is 69.2 cm³/mol. The Kier molecular flexibility index (Phi) is 5.72. The molecule has 10 heteroatoms. The van der Waals surface area contributed by atoms with Gasteiger partial charge in [-0.2, -0.15) is 0 Å². The smallest absolute Gasteiger partial charge is 0.187 e. The van der Waals surface area contributed by atoms with E-state index in [1.54, 1.807) is 6.92 Å². The molecule has 8 N–H and O–H groups in total. The Morgan fingerprint density at radius 3 is 2.18 bits per heavy atom. The summed E-state index contributed by atoms with van der Waals surface area (Å²) in [5, 5.41) is 58.0. The van der Waals surface area contributed by atoms with Crippen molar-refractivity contribution < 1.29 is 44.8 Å². The topological polar surface area (TPSA) is 175 Å². The lowest BCUT2D eigenvalue weighted by molar-refractivity contribution is -0.344. The highest BCUT2D eigenvalue weighted by molar-refractivity contribution is 4.94. The summed E-state index contributed by atoms with van der Waals surface area (Å²) in [6.07, 6.45) is -12.1. The molecule has 10 atom stereocenters. The molecule has 0 saturated carbocycles. The van der Waals surface area contributed by atoms with Crippen molar-refractivity contribution in [2.75, 3.05) is 6.61 Å². The van der Waals surface area contributed by atoms with Gasteiger partial charge in [0.25, 0.3) is 0 Å². The van der Waals surface area contributed by atoms with Crippen LogP contribution in [-0.4, -0.2) is 98.6 Å². The van der Waals surface area contributed by atoms with E-state index in [9.17, 15) is 30.6 Å². The van der Waals surface area contributed by atoms with Gasteiger partial charge in [0.2, 0.25) is 0 Å². The molecule has 0 aromatic heterocycles. The molecule has 0 radical (unpaired) electrons. The molecule has 0 aromatic carbocycles. The zero-order valence-corrected chi connectivity index (χ0v) is 12.0. The molecule has 0 aromatic rings. The number of hydrogen-bond acceptors (Lipinski definition) is 10. The summed E-state index contributed by atoms with van der Waals surface area (Å²) in [6.45, 7) is 0.970. The normalized spacial score (nSPS) is 53.5. The summed E-state index contributed by atoms with van der Waals surface area (Å²) in [4.78, 5) is 0. The number of aliphatic hydroxyl groups excluding tert-OH is 6. The number of nitrogens with two attached hydrogens (primary N) is 1. The molecule has 2 heterocycles. The van der Waals surface area contributed by atoms with Gasteiger partial charge in [0.15, 0.2) is 12.6 Å². The SMILES string of the molecule is C[C@H]1O[C@@H](O[C@H]2[C@H](O)[C@@H](O)[C@@H](O)O[C@@H]2CO)[C@H](O)[C@@H](O)[C@@H]1N. The van der Waals surface area contributed by atoms with Gasteiger partial charge >= 0.3 is 0 Å². The monoisotopic (exact) mass is 325 g/mol. The van der Waals surface area contributed by atoms with E-state index in [4.69, 9.17) is 19.9 Å². The second kappa shape index (κ2) is 7.01. The van der Waals surface area contributed by atoms with Crippen LogP contribution in [0.3, 0.4) is 0 Å². The first kappa shape index (κ1) is 17.9. The standard InChI is InChI=1S/C12H23NO9/c1-3-5(13)6(15)9(18)12(20-3)22-10-4(2-14)21-11(19)8(17)7(10)16/h3-12,14-19H,2,13H2,1H3/t3-,4-,5-,6+,7-,8-,9-,10-,11+,12+/m1/s1. The van der Waals surface area contributed by atoms with Crippen LogP contribution >= 0.6 is 0 Å². The summed E-state index contributed by atoms with van der Waals surface area (Å²) in [6, 6.07) is -0.816. The third-order valence-electron chi connectivity index (χ3n) is 4.04. The van der Waals surface area contributed by atoms with Gasteiger partial charge in [-0.25, -0.2) is 0 Å². The lowest BCUT2D eigenvalue weighted by Crippen LogP contribution is -2.65. The molecule has 2 aliphatic rings. The first-order chi connectivity index (χ1) is 10.3. The van der Waals surface area contributed by atoms with Gasteiger partial charge in [-0.15, -0.1) is 0 Å². The van der Waals surface area contributed by atoms with E-state index in [2.05, 4.69) is 0 Å². The van der Waals surface area contributed by atoms with E-state index in [1.165, 1.54) is 0 Å². The summed E-state index contributed by atoms with van der Waals surface area (Å²) in [5.41, 5.74) is 5.65. The van der Waals surface area contributed by atoms with Crippen molar-refractivity contribution in [3.8, 4) is 0 Å². The zero-order chi connectivity index (χ0) is 16.6. The second-order valence-electron chi connectivity index (χ2n) is 5.60. The van der Waals surface area contributed by atoms with Gasteiger partial charge in [0.05, 0.1) is 18.8 Å². The van der Waals surface area contributed by atoms with Crippen LogP contribution in [0.5, 0.6) is 0 Å². The average Bonchev–Trinajstić information content (AvgIpc) is 2.50. The van der Waals surface area contributed by atoms with Crippen LogP contribution in [0.1, 0.15) is 6.92 Å². The lowest BCUT2D eigenvalue weighted by atomic mass is 9.96. The predicted octanol–water partition coefficient (Wildman–Crippen LogP) is -4.40. The largest absolute Gasteiger partial charge is 0.394 e. The first-order valence-corrected chi connectivity index (χ1v) is 7.01. The van der Waals surface area contributed by atoms with Gasteiger partial charge < -0.3 is 50.6 Å². The fourth-order valence-corrected chi connectivity index (χ4v) is 2.55. The molecule has 2 aliphatic heterocycles. The number of rotatable bonds is 3. The van der Waals surface area contributed by atoms with E-state index in [-0.39, 0.29) is 0 Å². The minimum atomic E-state index is -1.68. The summed E-state index contributed by atoms with van der Waals surface area (Å²) in [7, 11) is 0. The highest BCUT2D eigenvalue weighted by Gasteiger charge is 2.49. The van der Waals surface area contributed by atoms with E-state index in [0.29, 0.717) is 0 Å². The number of ether oxygens (including phenoxy) is 3. The molecule has 2 rings (SSSR count). The van der Waals surface area contributed by atoms with Gasteiger partial charge in [-0.05, 0) is 6.92 Å². The highest BCUT2D eigenvalue weighted by Crippen LogP contribution is 2.27. The minimum absolute atomic E-state index is 0.605. The average molecular weight is 325 g/mol. The van der Waals surface area contributed by atoms with E-state index in [1.807, 2.05) is 0 Å². The van der Waals surface area contributed by atoms with Crippen molar-refractivity contribution in [1.82, 2.24) is 0 Å². The zero-order valence-electron chi connectivity index (χ0n) is 12.0. The molecule has 22 heavy (non-hydrogen) atoms. The Morgan fingerprint density at radius 2 is 1.59 bits per heavy atom. The molecule has 2 saturated heterocycles. The van der Waals surface area contributed by atoms with Crippen LogP contribution in [0.4, 0.5) is 0 Å².